The van der Waals surface area contributed by atoms with Crippen LogP contribution >= 0.6 is 22.9 Å². The fourth-order valence-corrected chi connectivity index (χ4v) is 3.91. The number of thiophene rings is 1. The van der Waals surface area contributed by atoms with E-state index in [0.29, 0.717) is 10.6 Å². The van der Waals surface area contributed by atoms with Gasteiger partial charge in [0, 0.05) is 11.4 Å². The third-order valence-corrected chi connectivity index (χ3v) is 5.53. The number of nitrogens with two attached hydrogens (primary N) is 1. The van der Waals surface area contributed by atoms with Crippen molar-refractivity contribution < 1.29 is 19.1 Å². The third kappa shape index (κ3) is 3.86. The number of aromatic carboxylic acids is 1. The lowest BCUT2D eigenvalue weighted by Gasteiger charge is -2.22. The Morgan fingerprint density at radius 3 is 2.11 bits per heavy atom. The molecule has 1 atom stereocenters. The fraction of sp³-hybridized carbons (Fsp3) is 0.100. The summed E-state index contributed by atoms with van der Waals surface area (Å²) >= 11 is 6.75. The monoisotopic (exact) mass is 403 g/mol. The summed E-state index contributed by atoms with van der Waals surface area (Å²) in [6.07, 6.45) is -0.343. The summed E-state index contributed by atoms with van der Waals surface area (Å²) in [5, 5.41) is 11.3. The highest BCUT2D eigenvalue weighted by Crippen LogP contribution is 2.37. The molecule has 0 aliphatic carbocycles. The minimum atomic E-state index is -2.59. The van der Waals surface area contributed by atoms with Crippen LogP contribution in [-0.4, -0.2) is 17.0 Å². The smallest absolute Gasteiger partial charge is 0.336 e. The van der Waals surface area contributed by atoms with Gasteiger partial charge in [-0.25, -0.2) is 9.18 Å². The van der Waals surface area contributed by atoms with Crippen LogP contribution in [-0.2, 0) is 16.9 Å². The molecule has 3 rings (SSSR count). The maximum absolute atomic E-state index is 15.5. The molecule has 2 aromatic carbocycles. The highest BCUT2D eigenvalue weighted by Gasteiger charge is 2.43. The van der Waals surface area contributed by atoms with Crippen molar-refractivity contribution in [3.63, 3.8) is 0 Å². The average Bonchev–Trinajstić information content (AvgIpc) is 3.14. The van der Waals surface area contributed by atoms with Crippen LogP contribution in [0.5, 0.6) is 0 Å². The van der Waals surface area contributed by atoms with Crippen molar-refractivity contribution in [1.29, 1.82) is 0 Å². The van der Waals surface area contributed by atoms with E-state index in [0.717, 1.165) is 22.5 Å². The quantitative estimate of drug-likeness (QED) is 0.628. The van der Waals surface area contributed by atoms with Crippen LogP contribution in [0, 0.1) is 0 Å². The SMILES string of the molecule is NC(=O)C(F)(Cc1ccc(-c2ccc(Cl)cc2)cc1)c1sccc1C(=O)O. The molecule has 1 amide bonds. The van der Waals surface area contributed by atoms with Gasteiger partial charge in [0.05, 0.1) is 10.4 Å². The number of amides is 1. The van der Waals surface area contributed by atoms with Crippen molar-refractivity contribution in [2.24, 2.45) is 5.73 Å². The number of halogens is 2. The van der Waals surface area contributed by atoms with Crippen LogP contribution in [0.4, 0.5) is 4.39 Å². The van der Waals surface area contributed by atoms with E-state index in [2.05, 4.69) is 0 Å². The lowest BCUT2D eigenvalue weighted by Crippen LogP contribution is -2.39. The van der Waals surface area contributed by atoms with E-state index in [4.69, 9.17) is 17.3 Å². The molecule has 7 heteroatoms. The molecule has 1 aromatic heterocycles. The van der Waals surface area contributed by atoms with Crippen molar-refractivity contribution in [2.45, 2.75) is 12.1 Å². The van der Waals surface area contributed by atoms with E-state index in [-0.39, 0.29) is 16.9 Å². The van der Waals surface area contributed by atoms with Crippen LogP contribution in [0.25, 0.3) is 11.1 Å². The zero-order valence-electron chi connectivity index (χ0n) is 14.0. The zero-order valence-corrected chi connectivity index (χ0v) is 15.6. The maximum atomic E-state index is 15.5. The Bertz CT molecular complexity index is 985. The topological polar surface area (TPSA) is 80.4 Å². The average molecular weight is 404 g/mol. The van der Waals surface area contributed by atoms with E-state index >= 15 is 4.39 Å². The summed E-state index contributed by atoms with van der Waals surface area (Å²) < 4.78 is 15.5. The number of rotatable bonds is 6. The second kappa shape index (κ2) is 7.50. The lowest BCUT2D eigenvalue weighted by molar-refractivity contribution is -0.129. The van der Waals surface area contributed by atoms with Crippen LogP contribution in [0.15, 0.2) is 60.0 Å². The molecular weight excluding hydrogens is 389 g/mol. The highest BCUT2D eigenvalue weighted by molar-refractivity contribution is 7.10. The van der Waals surface area contributed by atoms with E-state index in [9.17, 15) is 14.7 Å². The Hall–Kier alpha value is -2.70. The molecule has 1 unspecified atom stereocenters. The lowest BCUT2D eigenvalue weighted by atomic mass is 9.91. The molecule has 0 saturated heterocycles. The molecular formula is C20H15ClFNO3S. The van der Waals surface area contributed by atoms with Gasteiger partial charge in [-0.05, 0) is 40.3 Å². The first-order chi connectivity index (χ1) is 12.8. The largest absolute Gasteiger partial charge is 0.478 e. The fourth-order valence-electron chi connectivity index (χ4n) is 2.80. The van der Waals surface area contributed by atoms with Crippen LogP contribution in [0.2, 0.25) is 5.02 Å². The number of carboxylic acids is 1. The van der Waals surface area contributed by atoms with Gasteiger partial charge in [0.2, 0.25) is 5.67 Å². The summed E-state index contributed by atoms with van der Waals surface area (Å²) in [4.78, 5) is 23.0. The second-order valence-electron chi connectivity index (χ2n) is 6.01. The van der Waals surface area contributed by atoms with E-state index in [1.807, 2.05) is 12.1 Å². The first kappa shape index (κ1) is 19.1. The van der Waals surface area contributed by atoms with Crippen molar-refractivity contribution >= 4 is 34.8 Å². The zero-order chi connectivity index (χ0) is 19.6. The molecule has 138 valence electrons. The molecule has 0 bridgehead atoms. The van der Waals surface area contributed by atoms with Gasteiger partial charge in [-0.1, -0.05) is 48.0 Å². The van der Waals surface area contributed by atoms with Crippen molar-refractivity contribution in [3.05, 3.63) is 81.0 Å². The van der Waals surface area contributed by atoms with Gasteiger partial charge in [0.15, 0.2) is 0 Å². The maximum Gasteiger partial charge on any atom is 0.336 e. The molecule has 0 radical (unpaired) electrons. The number of primary amides is 1. The number of carbonyl (C=O) groups is 2. The van der Waals surface area contributed by atoms with E-state index < -0.39 is 17.5 Å². The second-order valence-corrected chi connectivity index (χ2v) is 7.37. The number of benzene rings is 2. The Labute approximate surface area is 164 Å². The van der Waals surface area contributed by atoms with Crippen LogP contribution < -0.4 is 5.73 Å². The predicted molar refractivity (Wildman–Crippen MR) is 104 cm³/mol. The third-order valence-electron chi connectivity index (χ3n) is 4.23. The van der Waals surface area contributed by atoms with Gasteiger partial charge in [0.25, 0.3) is 5.91 Å². The van der Waals surface area contributed by atoms with Gasteiger partial charge >= 0.3 is 5.97 Å². The highest BCUT2D eigenvalue weighted by atomic mass is 35.5. The van der Waals surface area contributed by atoms with Crippen molar-refractivity contribution in [1.82, 2.24) is 0 Å². The first-order valence-corrected chi connectivity index (χ1v) is 9.22. The number of hydrogen-bond donors (Lipinski definition) is 2. The molecule has 0 aliphatic rings. The van der Waals surface area contributed by atoms with Crippen molar-refractivity contribution in [3.8, 4) is 11.1 Å². The van der Waals surface area contributed by atoms with E-state index in [1.54, 1.807) is 36.4 Å². The minimum absolute atomic E-state index is 0.190. The predicted octanol–water partition coefficient (Wildman–Crippen LogP) is 4.66. The van der Waals surface area contributed by atoms with Gasteiger partial charge in [-0.15, -0.1) is 11.3 Å². The summed E-state index contributed by atoms with van der Waals surface area (Å²) in [5.74, 6) is -2.51. The Morgan fingerprint density at radius 2 is 1.59 bits per heavy atom. The Morgan fingerprint density at radius 1 is 1.04 bits per heavy atom. The van der Waals surface area contributed by atoms with E-state index in [1.165, 1.54) is 11.4 Å². The molecule has 27 heavy (non-hydrogen) atoms. The molecule has 0 saturated carbocycles. The molecule has 1 heterocycles. The van der Waals surface area contributed by atoms with Crippen molar-refractivity contribution in [2.75, 3.05) is 0 Å². The summed E-state index contributed by atoms with van der Waals surface area (Å²) in [7, 11) is 0. The molecule has 0 spiro atoms. The Balaban J connectivity index is 1.91. The summed E-state index contributed by atoms with van der Waals surface area (Å²) in [6, 6.07) is 15.5. The number of alkyl halides is 1. The molecule has 3 N–H and O–H groups in total. The number of hydrogen-bond acceptors (Lipinski definition) is 3. The van der Waals surface area contributed by atoms with Gasteiger partial charge in [0.1, 0.15) is 0 Å². The number of carbonyl (C=O) groups excluding carboxylic acids is 1. The standard InChI is InChI=1S/C20H15ClFNO3S/c21-15-7-5-14(6-8-15)13-3-1-12(2-4-13)11-20(22,19(23)26)17-16(18(24)25)9-10-27-17/h1-10H,11H2,(H2,23,26)(H,24,25). The van der Waals surface area contributed by atoms with Gasteiger partial charge < -0.3 is 10.8 Å². The summed E-state index contributed by atoms with van der Waals surface area (Å²) in [5.41, 5.74) is 4.83. The van der Waals surface area contributed by atoms with Gasteiger partial charge in [-0.3, -0.25) is 4.79 Å². The Kier molecular flexibility index (Phi) is 5.30. The summed E-state index contributed by atoms with van der Waals surface area (Å²) in [6.45, 7) is 0. The normalized spacial score (nSPS) is 13.1. The molecule has 4 nitrogen and oxygen atoms in total. The molecule has 0 aliphatic heterocycles. The first-order valence-electron chi connectivity index (χ1n) is 7.96. The van der Waals surface area contributed by atoms with Gasteiger partial charge in [-0.2, -0.15) is 0 Å². The number of carboxylic acid groups (broad SMARTS) is 1. The molecule has 0 fully saturated rings. The van der Waals surface area contributed by atoms with Crippen LogP contribution in [0.1, 0.15) is 20.8 Å². The van der Waals surface area contributed by atoms with Crippen LogP contribution in [0.3, 0.4) is 0 Å². The minimum Gasteiger partial charge on any atom is -0.478 e. The molecule has 3 aromatic rings.